The van der Waals surface area contributed by atoms with Gasteiger partial charge in [-0.15, -0.1) is 0 Å². The van der Waals surface area contributed by atoms with Gasteiger partial charge in [0.15, 0.2) is 0 Å². The highest BCUT2D eigenvalue weighted by molar-refractivity contribution is 5.97. The average Bonchev–Trinajstić information content (AvgIpc) is 2.20. The van der Waals surface area contributed by atoms with Crippen molar-refractivity contribution in [3.05, 3.63) is 0 Å². The summed E-state index contributed by atoms with van der Waals surface area (Å²) in [4.78, 5) is 0. The second-order valence-corrected chi connectivity index (χ2v) is 4.43. The average molecular weight is 167 g/mol. The first kappa shape index (κ1) is 8.54. The molecule has 0 aromatic carbocycles. The lowest BCUT2D eigenvalue weighted by molar-refractivity contribution is -0.812. The zero-order valence-corrected chi connectivity index (χ0v) is 7.37. The van der Waals surface area contributed by atoms with Gasteiger partial charge in [0.05, 0.1) is 6.54 Å². The molecule has 2 aliphatic heterocycles. The highest BCUT2D eigenvalue weighted by Crippen LogP contribution is 2.38. The van der Waals surface area contributed by atoms with Gasteiger partial charge in [0.1, 0.15) is 5.60 Å². The van der Waals surface area contributed by atoms with Gasteiger partial charge in [-0.2, -0.15) is 0 Å². The van der Waals surface area contributed by atoms with E-state index in [0.29, 0.717) is 23.4 Å². The van der Waals surface area contributed by atoms with Crippen molar-refractivity contribution >= 4 is 7.98 Å². The molecule has 0 aliphatic carbocycles. The normalized spacial score (nSPS) is 52.8. The van der Waals surface area contributed by atoms with Crippen LogP contribution in [0.5, 0.6) is 0 Å². The van der Waals surface area contributed by atoms with Gasteiger partial charge in [-0.05, 0) is 12.8 Å². The van der Waals surface area contributed by atoms with Crippen molar-refractivity contribution in [1.82, 2.24) is 0 Å². The van der Waals surface area contributed by atoms with E-state index in [4.69, 9.17) is 13.7 Å². The van der Waals surface area contributed by atoms with Crippen molar-refractivity contribution < 1.29 is 9.50 Å². The number of fused-ring (bicyclic) bond motifs is 2. The molecule has 3 radical (unpaired) electrons. The Morgan fingerprint density at radius 3 is 3.00 bits per heavy atom. The zero-order chi connectivity index (χ0) is 8.82. The molecule has 2 rings (SSSR count). The molecule has 2 heterocycles. The third kappa shape index (κ3) is 1.10. The van der Waals surface area contributed by atoms with Crippen molar-refractivity contribution in [2.45, 2.75) is 18.4 Å². The van der Waals surface area contributed by atoms with Crippen molar-refractivity contribution in [2.24, 2.45) is 11.7 Å². The van der Waals surface area contributed by atoms with Gasteiger partial charge in [0.25, 0.3) is 0 Å². The Labute approximate surface area is 74.6 Å². The Morgan fingerprint density at radius 1 is 1.67 bits per heavy atom. The molecule has 4 heteroatoms. The van der Waals surface area contributed by atoms with Crippen LogP contribution in [0, 0.1) is 5.92 Å². The summed E-state index contributed by atoms with van der Waals surface area (Å²) in [6, 6.07) is 0. The molecule has 3 unspecified atom stereocenters. The fraction of sp³-hybridized carbons (Fsp3) is 1.00. The molecule has 0 spiro atoms. The van der Waals surface area contributed by atoms with E-state index in [0.717, 1.165) is 25.9 Å². The molecule has 3 atom stereocenters. The van der Waals surface area contributed by atoms with E-state index in [1.165, 1.54) is 0 Å². The van der Waals surface area contributed by atoms with Crippen molar-refractivity contribution in [2.75, 3.05) is 26.2 Å². The molecule has 67 valence electrons. The van der Waals surface area contributed by atoms with E-state index < -0.39 is 5.60 Å². The van der Waals surface area contributed by atoms with Crippen molar-refractivity contribution in [3.8, 4) is 0 Å². The number of quaternary nitrogens is 1. The number of aliphatic hydroxyl groups is 1. The second-order valence-electron chi connectivity index (χ2n) is 4.43. The standard InChI is InChI=1S/C8H16BN2O/c9-11-3-1-2-7(4-11)8(12,5-10)6-11/h7,12H,1-6,10H2. The van der Waals surface area contributed by atoms with Crippen LogP contribution in [0.3, 0.4) is 0 Å². The minimum atomic E-state index is -0.675. The number of nitrogens with zero attached hydrogens (tertiary/aromatic N) is 1. The number of nitrogens with two attached hydrogens (primary N) is 1. The molecule has 2 aliphatic rings. The van der Waals surface area contributed by atoms with Crippen molar-refractivity contribution in [1.29, 1.82) is 0 Å². The largest absolute Gasteiger partial charge is 0.585 e. The maximum atomic E-state index is 10.1. The van der Waals surface area contributed by atoms with Gasteiger partial charge in [-0.3, -0.25) is 0 Å². The van der Waals surface area contributed by atoms with Gasteiger partial charge >= 0.3 is 0 Å². The lowest BCUT2D eigenvalue weighted by Crippen LogP contribution is -2.49. The van der Waals surface area contributed by atoms with E-state index in [-0.39, 0.29) is 0 Å². The predicted octanol–water partition coefficient (Wildman–Crippen LogP) is -1.000. The monoisotopic (exact) mass is 167 g/mol. The number of hydrogen-bond donors (Lipinski definition) is 2. The van der Waals surface area contributed by atoms with Crippen molar-refractivity contribution in [3.63, 3.8) is 0 Å². The summed E-state index contributed by atoms with van der Waals surface area (Å²) in [6.07, 6.45) is 2.22. The summed E-state index contributed by atoms with van der Waals surface area (Å²) in [7, 11) is 6.07. The molecule has 3 nitrogen and oxygen atoms in total. The molecule has 2 saturated heterocycles. The molecular formula is C8H16BN2O. The minimum absolute atomic E-state index is 0.334. The van der Waals surface area contributed by atoms with Gasteiger partial charge in [-0.25, -0.2) is 7.98 Å². The molecule has 0 aromatic rings. The molecule has 0 aromatic heterocycles. The molecule has 2 fully saturated rings. The van der Waals surface area contributed by atoms with Crippen LogP contribution in [0.15, 0.2) is 0 Å². The first-order valence-electron chi connectivity index (χ1n) is 4.65. The summed E-state index contributed by atoms with van der Waals surface area (Å²) in [6.45, 7) is 2.91. The number of piperidine rings is 1. The highest BCUT2D eigenvalue weighted by Gasteiger charge is 2.49. The minimum Gasteiger partial charge on any atom is -0.585 e. The lowest BCUT2D eigenvalue weighted by atomic mass is 9.87. The third-order valence-electron chi connectivity index (χ3n) is 3.44. The molecule has 12 heavy (non-hydrogen) atoms. The van der Waals surface area contributed by atoms with Crippen LogP contribution in [0.1, 0.15) is 12.8 Å². The predicted molar refractivity (Wildman–Crippen MR) is 47.3 cm³/mol. The van der Waals surface area contributed by atoms with E-state index in [1.54, 1.807) is 0 Å². The van der Waals surface area contributed by atoms with Crippen LogP contribution in [-0.4, -0.2) is 49.3 Å². The van der Waals surface area contributed by atoms with Crippen LogP contribution in [0.25, 0.3) is 0 Å². The zero-order valence-electron chi connectivity index (χ0n) is 7.37. The van der Waals surface area contributed by atoms with Crippen LogP contribution in [0.4, 0.5) is 0 Å². The van der Waals surface area contributed by atoms with E-state index in [9.17, 15) is 5.11 Å². The van der Waals surface area contributed by atoms with E-state index >= 15 is 0 Å². The molecule has 0 amide bonds. The number of hydrogen-bond acceptors (Lipinski definition) is 2. The topological polar surface area (TPSA) is 46.2 Å². The Morgan fingerprint density at radius 2 is 2.42 bits per heavy atom. The van der Waals surface area contributed by atoms with Crippen LogP contribution >= 0.6 is 0 Å². The Hall–Kier alpha value is -0.0551. The maximum Gasteiger partial charge on any atom is 0.129 e. The maximum absolute atomic E-state index is 10.1. The fourth-order valence-corrected chi connectivity index (χ4v) is 2.76. The highest BCUT2D eigenvalue weighted by atomic mass is 16.3. The first-order chi connectivity index (χ1) is 5.58. The smallest absolute Gasteiger partial charge is 0.129 e. The lowest BCUT2D eigenvalue weighted by Gasteiger charge is -2.48. The first-order valence-corrected chi connectivity index (χ1v) is 4.65. The van der Waals surface area contributed by atoms with Crippen LogP contribution < -0.4 is 5.73 Å². The second kappa shape index (κ2) is 2.47. The summed E-state index contributed by atoms with van der Waals surface area (Å²) in [5.41, 5.74) is 4.89. The summed E-state index contributed by atoms with van der Waals surface area (Å²) >= 11 is 0. The summed E-state index contributed by atoms with van der Waals surface area (Å²) in [5, 5.41) is 10.1. The third-order valence-corrected chi connectivity index (χ3v) is 3.44. The molecular weight excluding hydrogens is 151 g/mol. The molecule has 0 saturated carbocycles. The van der Waals surface area contributed by atoms with Crippen LogP contribution in [0.2, 0.25) is 0 Å². The Bertz CT molecular complexity index is 201. The van der Waals surface area contributed by atoms with E-state index in [1.807, 2.05) is 0 Å². The summed E-state index contributed by atoms with van der Waals surface area (Å²) in [5.74, 6) is 0.334. The Balaban J connectivity index is 2.22. The number of rotatable bonds is 1. The molecule has 3 N–H and O–H groups in total. The van der Waals surface area contributed by atoms with Gasteiger partial charge < -0.3 is 15.2 Å². The fourth-order valence-electron chi connectivity index (χ4n) is 2.76. The van der Waals surface area contributed by atoms with E-state index in [2.05, 4.69) is 0 Å². The summed E-state index contributed by atoms with van der Waals surface area (Å²) < 4.78 is 0.540. The quantitative estimate of drug-likeness (QED) is 0.492. The van der Waals surface area contributed by atoms with Crippen LogP contribution in [-0.2, 0) is 0 Å². The van der Waals surface area contributed by atoms with Gasteiger partial charge in [-0.1, -0.05) is 0 Å². The van der Waals surface area contributed by atoms with Gasteiger partial charge in [0.2, 0.25) is 0 Å². The SMILES string of the molecule is [B-][N+]12CCCC(C1)C(O)(CN)C2. The Kier molecular flexibility index (Phi) is 1.76. The van der Waals surface area contributed by atoms with Gasteiger partial charge in [0, 0.05) is 25.6 Å². The molecule has 2 bridgehead atoms.